The number of benzene rings is 2. The van der Waals surface area contributed by atoms with Gasteiger partial charge in [0.1, 0.15) is 0 Å². The second-order valence-corrected chi connectivity index (χ2v) is 11.6. The zero-order chi connectivity index (χ0) is 23.4. The lowest BCUT2D eigenvalue weighted by Crippen LogP contribution is -2.45. The van der Waals surface area contributed by atoms with Gasteiger partial charge in [-0.2, -0.15) is 4.31 Å². The van der Waals surface area contributed by atoms with E-state index in [0.717, 1.165) is 18.4 Å². The number of anilines is 1. The highest BCUT2D eigenvalue weighted by molar-refractivity contribution is 7.89. The highest BCUT2D eigenvalue weighted by atomic mass is 32.2. The summed E-state index contributed by atoms with van der Waals surface area (Å²) in [6.07, 6.45) is 2.77. The van der Waals surface area contributed by atoms with E-state index in [1.807, 2.05) is 6.92 Å². The van der Waals surface area contributed by atoms with E-state index in [0.29, 0.717) is 25.1 Å². The summed E-state index contributed by atoms with van der Waals surface area (Å²) in [7, 11) is -7.39. The van der Waals surface area contributed by atoms with Crippen molar-refractivity contribution in [3.05, 3.63) is 54.1 Å². The molecule has 0 saturated carbocycles. The Morgan fingerprint density at radius 1 is 0.969 bits per heavy atom. The third kappa shape index (κ3) is 5.94. The molecule has 1 fully saturated rings. The molecule has 0 radical (unpaired) electrons. The van der Waals surface area contributed by atoms with Gasteiger partial charge < -0.3 is 5.32 Å². The Labute approximate surface area is 190 Å². The van der Waals surface area contributed by atoms with Crippen molar-refractivity contribution >= 4 is 31.6 Å². The quantitative estimate of drug-likeness (QED) is 0.605. The minimum Gasteiger partial charge on any atom is -0.326 e. The molecule has 0 aliphatic carbocycles. The molecule has 3 rings (SSSR count). The second kappa shape index (κ2) is 10.1. The van der Waals surface area contributed by atoms with Crippen LogP contribution in [0.15, 0.2) is 58.3 Å². The van der Waals surface area contributed by atoms with Gasteiger partial charge in [-0.25, -0.2) is 21.6 Å². The van der Waals surface area contributed by atoms with Crippen molar-refractivity contribution in [3.8, 4) is 0 Å². The normalized spacial score (nSPS) is 17.8. The Hall–Kier alpha value is -2.27. The average Bonchev–Trinajstić information content (AvgIpc) is 2.74. The van der Waals surface area contributed by atoms with E-state index in [2.05, 4.69) is 10.0 Å². The van der Waals surface area contributed by atoms with Crippen LogP contribution in [0.25, 0.3) is 0 Å². The lowest BCUT2D eigenvalue weighted by atomic mass is 10.0. The maximum atomic E-state index is 13.2. The van der Waals surface area contributed by atoms with Crippen LogP contribution >= 0.6 is 0 Å². The van der Waals surface area contributed by atoms with E-state index in [1.54, 1.807) is 24.3 Å². The Morgan fingerprint density at radius 2 is 1.59 bits per heavy atom. The van der Waals surface area contributed by atoms with Gasteiger partial charge in [0.25, 0.3) is 0 Å². The van der Waals surface area contributed by atoms with Crippen molar-refractivity contribution in [2.75, 3.05) is 18.4 Å². The number of sulfonamides is 2. The summed E-state index contributed by atoms with van der Waals surface area (Å²) in [5, 5.41) is 2.59. The average molecular weight is 480 g/mol. The van der Waals surface area contributed by atoms with E-state index in [1.165, 1.54) is 35.5 Å². The first-order chi connectivity index (χ1) is 15.1. The van der Waals surface area contributed by atoms with Crippen molar-refractivity contribution in [1.82, 2.24) is 9.03 Å². The standard InChI is InChI=1S/C22H29N3O5S2/c1-17-6-10-22(11-7-17)32(29,30)25-16-4-3-5-20(25)14-15-23-31(27,28)21-12-8-19(9-13-21)24-18(2)26/h6-13,20,23H,3-5,14-16H2,1-2H3,(H,24,26). The van der Waals surface area contributed by atoms with Crippen LogP contribution in [0, 0.1) is 6.92 Å². The van der Waals surface area contributed by atoms with Crippen molar-refractivity contribution in [3.63, 3.8) is 0 Å². The fourth-order valence-corrected chi connectivity index (χ4v) is 6.56. The molecule has 10 heteroatoms. The Kier molecular flexibility index (Phi) is 7.71. The van der Waals surface area contributed by atoms with Crippen molar-refractivity contribution < 1.29 is 21.6 Å². The lowest BCUT2D eigenvalue weighted by molar-refractivity contribution is -0.114. The smallest absolute Gasteiger partial charge is 0.243 e. The van der Waals surface area contributed by atoms with Crippen LogP contribution in [-0.4, -0.2) is 46.2 Å². The molecule has 174 valence electrons. The van der Waals surface area contributed by atoms with Crippen LogP contribution < -0.4 is 10.0 Å². The number of amides is 1. The first-order valence-electron chi connectivity index (χ1n) is 10.6. The molecule has 0 bridgehead atoms. The predicted molar refractivity (Wildman–Crippen MR) is 123 cm³/mol. The van der Waals surface area contributed by atoms with Gasteiger partial charge in [-0.05, 0) is 62.6 Å². The molecular weight excluding hydrogens is 450 g/mol. The number of carbonyl (C=O) groups excluding carboxylic acids is 1. The first-order valence-corrected chi connectivity index (χ1v) is 13.5. The zero-order valence-corrected chi connectivity index (χ0v) is 19.9. The highest BCUT2D eigenvalue weighted by Gasteiger charge is 2.33. The first kappa shape index (κ1) is 24.4. The maximum Gasteiger partial charge on any atom is 0.243 e. The molecule has 1 unspecified atom stereocenters. The minimum absolute atomic E-state index is 0.0828. The molecule has 1 amide bonds. The zero-order valence-electron chi connectivity index (χ0n) is 18.2. The van der Waals surface area contributed by atoms with Crippen LogP contribution in [0.3, 0.4) is 0 Å². The van der Waals surface area contributed by atoms with Crippen molar-refractivity contribution in [1.29, 1.82) is 0 Å². The van der Waals surface area contributed by atoms with Crippen LogP contribution in [-0.2, 0) is 24.8 Å². The van der Waals surface area contributed by atoms with E-state index in [4.69, 9.17) is 0 Å². The number of hydrogen-bond acceptors (Lipinski definition) is 5. The number of nitrogens with one attached hydrogen (secondary N) is 2. The van der Waals surface area contributed by atoms with Gasteiger partial charge in [0.2, 0.25) is 26.0 Å². The molecule has 32 heavy (non-hydrogen) atoms. The van der Waals surface area contributed by atoms with E-state index in [9.17, 15) is 21.6 Å². The number of nitrogens with zero attached hydrogens (tertiary/aromatic N) is 1. The third-order valence-corrected chi connectivity index (χ3v) is 8.90. The van der Waals surface area contributed by atoms with Crippen molar-refractivity contribution in [2.45, 2.75) is 55.4 Å². The Morgan fingerprint density at radius 3 is 2.22 bits per heavy atom. The number of rotatable bonds is 8. The molecule has 0 aromatic heterocycles. The summed E-state index contributed by atoms with van der Waals surface area (Å²) in [4.78, 5) is 11.4. The summed E-state index contributed by atoms with van der Waals surface area (Å²) >= 11 is 0. The molecule has 2 N–H and O–H groups in total. The molecular formula is C22H29N3O5S2. The molecule has 1 aliphatic heterocycles. The fourth-order valence-electron chi connectivity index (χ4n) is 3.79. The van der Waals surface area contributed by atoms with Crippen LogP contribution in [0.2, 0.25) is 0 Å². The SMILES string of the molecule is CC(=O)Nc1ccc(S(=O)(=O)NCCC2CCCCN2S(=O)(=O)c2ccc(C)cc2)cc1. The monoisotopic (exact) mass is 479 g/mol. The largest absolute Gasteiger partial charge is 0.326 e. The van der Waals surface area contributed by atoms with Crippen LogP contribution in [0.1, 0.15) is 38.2 Å². The third-order valence-electron chi connectivity index (χ3n) is 5.46. The van der Waals surface area contributed by atoms with Crippen LogP contribution in [0.5, 0.6) is 0 Å². The summed E-state index contributed by atoms with van der Waals surface area (Å²) in [6, 6.07) is 12.4. The molecule has 8 nitrogen and oxygen atoms in total. The number of hydrogen-bond donors (Lipinski definition) is 2. The molecule has 1 aliphatic rings. The number of aryl methyl sites for hydroxylation is 1. The maximum absolute atomic E-state index is 13.2. The Bertz CT molecular complexity index is 1150. The van der Waals surface area contributed by atoms with E-state index in [-0.39, 0.29) is 28.3 Å². The second-order valence-electron chi connectivity index (χ2n) is 7.97. The molecule has 1 atom stereocenters. The predicted octanol–water partition coefficient (Wildman–Crippen LogP) is 2.87. The molecule has 2 aromatic carbocycles. The lowest BCUT2D eigenvalue weighted by Gasteiger charge is -2.34. The molecule has 1 heterocycles. The molecule has 1 saturated heterocycles. The number of piperidine rings is 1. The summed E-state index contributed by atoms with van der Waals surface area (Å²) < 4.78 is 55.6. The summed E-state index contributed by atoms with van der Waals surface area (Å²) in [5.41, 5.74) is 1.49. The topological polar surface area (TPSA) is 113 Å². The van der Waals surface area contributed by atoms with Crippen molar-refractivity contribution in [2.24, 2.45) is 0 Å². The van der Waals surface area contributed by atoms with Gasteiger partial charge in [-0.3, -0.25) is 4.79 Å². The van der Waals surface area contributed by atoms with E-state index < -0.39 is 20.0 Å². The van der Waals surface area contributed by atoms with Gasteiger partial charge >= 0.3 is 0 Å². The number of carbonyl (C=O) groups is 1. The molecule has 0 spiro atoms. The van der Waals surface area contributed by atoms with Crippen LogP contribution in [0.4, 0.5) is 5.69 Å². The Balaban J connectivity index is 1.65. The van der Waals surface area contributed by atoms with Gasteiger partial charge in [0.05, 0.1) is 9.79 Å². The van der Waals surface area contributed by atoms with Gasteiger partial charge in [0, 0.05) is 31.7 Å². The van der Waals surface area contributed by atoms with Gasteiger partial charge in [0.15, 0.2) is 0 Å². The fraction of sp³-hybridized carbons (Fsp3) is 0.409. The summed E-state index contributed by atoms with van der Waals surface area (Å²) in [6.45, 7) is 3.83. The summed E-state index contributed by atoms with van der Waals surface area (Å²) in [5.74, 6) is -0.239. The molecule has 2 aromatic rings. The van der Waals surface area contributed by atoms with Gasteiger partial charge in [-0.15, -0.1) is 0 Å². The highest BCUT2D eigenvalue weighted by Crippen LogP contribution is 2.27. The van der Waals surface area contributed by atoms with Gasteiger partial charge in [-0.1, -0.05) is 24.1 Å². The van der Waals surface area contributed by atoms with E-state index >= 15 is 0 Å². The minimum atomic E-state index is -3.75.